The molecule has 0 aliphatic heterocycles. The Bertz CT molecular complexity index is 290. The molecule has 1 heterocycles. The molecule has 2 rings (SSSR count). The number of hydrogen-bond acceptors (Lipinski definition) is 3. The van der Waals surface area contributed by atoms with Crippen molar-refractivity contribution in [3.05, 3.63) is 17.1 Å². The van der Waals surface area contributed by atoms with Gasteiger partial charge >= 0.3 is 0 Å². The average Bonchev–Trinajstić information content (AvgIpc) is 2.49. The molecule has 1 aliphatic rings. The van der Waals surface area contributed by atoms with Crippen LogP contribution >= 0.6 is 11.5 Å². The Morgan fingerprint density at radius 1 is 1.57 bits per heavy atom. The minimum atomic E-state index is -0.404. The van der Waals surface area contributed by atoms with Crippen LogP contribution in [0.5, 0.6) is 0 Å². The lowest BCUT2D eigenvalue weighted by Crippen LogP contribution is -2.35. The Morgan fingerprint density at radius 3 is 2.71 bits per heavy atom. The first-order chi connectivity index (χ1) is 6.62. The molecule has 1 unspecified atom stereocenters. The lowest BCUT2D eigenvalue weighted by molar-refractivity contribution is -0.0261. The Labute approximate surface area is 89.1 Å². The first-order valence-corrected chi connectivity index (χ1v) is 6.04. The minimum Gasteiger partial charge on any atom is -0.386 e. The normalized spacial score (nSPS) is 20.5. The molecule has 78 valence electrons. The summed E-state index contributed by atoms with van der Waals surface area (Å²) in [6.45, 7) is 4.31. The third-order valence-corrected chi connectivity index (χ3v) is 4.17. The number of rotatable bonds is 3. The third-order valence-electron chi connectivity index (χ3n) is 3.60. The fourth-order valence-electron chi connectivity index (χ4n) is 2.12. The highest BCUT2D eigenvalue weighted by Crippen LogP contribution is 2.48. The average molecular weight is 211 g/mol. The van der Waals surface area contributed by atoms with Crippen LogP contribution < -0.4 is 0 Å². The summed E-state index contributed by atoms with van der Waals surface area (Å²) in [4.78, 5) is 0. The summed E-state index contributed by atoms with van der Waals surface area (Å²) in [5.41, 5.74) is 0.818. The first kappa shape index (κ1) is 10.1. The van der Waals surface area contributed by atoms with Crippen LogP contribution in [0.15, 0.2) is 11.4 Å². The van der Waals surface area contributed by atoms with Crippen LogP contribution in [0.3, 0.4) is 0 Å². The van der Waals surface area contributed by atoms with Crippen molar-refractivity contribution in [2.24, 2.45) is 11.3 Å². The van der Waals surface area contributed by atoms with Crippen LogP contribution in [0.25, 0.3) is 0 Å². The quantitative estimate of drug-likeness (QED) is 0.833. The number of aliphatic hydroxyl groups excluding tert-OH is 1. The van der Waals surface area contributed by atoms with Crippen molar-refractivity contribution in [2.45, 2.75) is 39.2 Å². The molecule has 0 amide bonds. The maximum atomic E-state index is 10.2. The van der Waals surface area contributed by atoms with Crippen LogP contribution in [-0.4, -0.2) is 9.48 Å². The molecule has 2 nitrogen and oxygen atoms in total. The SMILES string of the molecule is CC(C)(C1CCC1)C(O)c1ccsn1. The minimum absolute atomic E-state index is 0.0215. The fraction of sp³-hybridized carbons (Fsp3) is 0.727. The van der Waals surface area contributed by atoms with Gasteiger partial charge < -0.3 is 5.11 Å². The lowest BCUT2D eigenvalue weighted by atomic mass is 9.64. The molecule has 1 N–H and O–H groups in total. The molecule has 14 heavy (non-hydrogen) atoms. The van der Waals surface area contributed by atoms with E-state index in [1.165, 1.54) is 30.8 Å². The van der Waals surface area contributed by atoms with Gasteiger partial charge in [-0.1, -0.05) is 20.3 Å². The van der Waals surface area contributed by atoms with Crippen molar-refractivity contribution >= 4 is 11.5 Å². The van der Waals surface area contributed by atoms with E-state index >= 15 is 0 Å². The second-order valence-electron chi connectivity index (χ2n) is 4.78. The second-order valence-corrected chi connectivity index (χ2v) is 5.44. The fourth-order valence-corrected chi connectivity index (χ4v) is 2.66. The van der Waals surface area contributed by atoms with Gasteiger partial charge in [-0.15, -0.1) is 0 Å². The molecule has 0 aromatic carbocycles. The number of nitrogens with zero attached hydrogens (tertiary/aromatic N) is 1. The van der Waals surface area contributed by atoms with Gasteiger partial charge in [0.15, 0.2) is 0 Å². The first-order valence-electron chi connectivity index (χ1n) is 5.20. The Morgan fingerprint density at radius 2 is 2.29 bits per heavy atom. The maximum Gasteiger partial charge on any atom is 0.102 e. The van der Waals surface area contributed by atoms with E-state index in [1.54, 1.807) is 0 Å². The highest BCUT2D eigenvalue weighted by atomic mass is 32.1. The number of hydrogen-bond donors (Lipinski definition) is 1. The molecule has 0 radical (unpaired) electrons. The zero-order valence-electron chi connectivity index (χ0n) is 8.73. The van der Waals surface area contributed by atoms with Crippen molar-refractivity contribution in [1.82, 2.24) is 4.37 Å². The van der Waals surface area contributed by atoms with E-state index in [4.69, 9.17) is 0 Å². The standard InChI is InChI=1S/C11H17NOS/c1-11(2,8-4-3-5-8)10(13)9-6-7-14-12-9/h6-8,10,13H,3-5H2,1-2H3. The summed E-state index contributed by atoms with van der Waals surface area (Å²) in [6, 6.07) is 1.93. The predicted octanol–water partition coefficient (Wildman–Crippen LogP) is 3.00. The van der Waals surface area contributed by atoms with Crippen LogP contribution in [-0.2, 0) is 0 Å². The zero-order chi connectivity index (χ0) is 10.2. The van der Waals surface area contributed by atoms with Crippen molar-refractivity contribution < 1.29 is 5.11 Å². The lowest BCUT2D eigenvalue weighted by Gasteiger charge is -2.43. The molecular formula is C11H17NOS. The van der Waals surface area contributed by atoms with Gasteiger partial charge in [0.05, 0.1) is 5.69 Å². The van der Waals surface area contributed by atoms with Crippen molar-refractivity contribution in [1.29, 1.82) is 0 Å². The van der Waals surface area contributed by atoms with Gasteiger partial charge in [0.2, 0.25) is 0 Å². The molecule has 0 spiro atoms. The highest BCUT2D eigenvalue weighted by molar-refractivity contribution is 7.03. The van der Waals surface area contributed by atoms with Crippen LogP contribution in [0.4, 0.5) is 0 Å². The van der Waals surface area contributed by atoms with Crippen molar-refractivity contribution in [2.75, 3.05) is 0 Å². The Balaban J connectivity index is 2.12. The summed E-state index contributed by atoms with van der Waals surface area (Å²) in [6.07, 6.45) is 3.43. The summed E-state index contributed by atoms with van der Waals surface area (Å²) in [7, 11) is 0. The number of aliphatic hydroxyl groups is 1. The van der Waals surface area contributed by atoms with Gasteiger partial charge in [0, 0.05) is 5.38 Å². The van der Waals surface area contributed by atoms with E-state index in [1.807, 2.05) is 11.4 Å². The topological polar surface area (TPSA) is 33.1 Å². The molecule has 1 aromatic rings. The van der Waals surface area contributed by atoms with E-state index in [0.29, 0.717) is 5.92 Å². The molecule has 1 atom stereocenters. The summed E-state index contributed by atoms with van der Waals surface area (Å²) in [5, 5.41) is 12.1. The second kappa shape index (κ2) is 3.63. The van der Waals surface area contributed by atoms with Crippen molar-refractivity contribution in [3.63, 3.8) is 0 Å². The van der Waals surface area contributed by atoms with Gasteiger partial charge in [0.1, 0.15) is 6.10 Å². The molecule has 3 heteroatoms. The van der Waals surface area contributed by atoms with E-state index in [-0.39, 0.29) is 5.41 Å². The van der Waals surface area contributed by atoms with E-state index < -0.39 is 6.10 Å². The predicted molar refractivity (Wildman–Crippen MR) is 58.2 cm³/mol. The molecule has 1 aliphatic carbocycles. The highest BCUT2D eigenvalue weighted by Gasteiger charge is 2.40. The smallest absolute Gasteiger partial charge is 0.102 e. The van der Waals surface area contributed by atoms with Crippen LogP contribution in [0, 0.1) is 11.3 Å². The van der Waals surface area contributed by atoms with Gasteiger partial charge in [-0.25, -0.2) is 0 Å². The van der Waals surface area contributed by atoms with Gasteiger partial charge in [-0.05, 0) is 41.8 Å². The van der Waals surface area contributed by atoms with Crippen LogP contribution in [0.2, 0.25) is 0 Å². The van der Waals surface area contributed by atoms with E-state index in [0.717, 1.165) is 5.69 Å². The van der Waals surface area contributed by atoms with Gasteiger partial charge in [0.25, 0.3) is 0 Å². The zero-order valence-corrected chi connectivity index (χ0v) is 9.55. The molecular weight excluding hydrogens is 194 g/mol. The Hall–Kier alpha value is -0.410. The number of aromatic nitrogens is 1. The van der Waals surface area contributed by atoms with E-state index in [9.17, 15) is 5.11 Å². The summed E-state index contributed by atoms with van der Waals surface area (Å²) < 4.78 is 4.21. The maximum absolute atomic E-state index is 10.2. The van der Waals surface area contributed by atoms with Gasteiger partial charge in [-0.3, -0.25) is 0 Å². The molecule has 0 saturated heterocycles. The van der Waals surface area contributed by atoms with Crippen molar-refractivity contribution in [3.8, 4) is 0 Å². The summed E-state index contributed by atoms with van der Waals surface area (Å²) >= 11 is 1.41. The Kier molecular flexibility index (Phi) is 2.62. The van der Waals surface area contributed by atoms with E-state index in [2.05, 4.69) is 18.2 Å². The van der Waals surface area contributed by atoms with Crippen LogP contribution in [0.1, 0.15) is 44.9 Å². The largest absolute Gasteiger partial charge is 0.386 e. The van der Waals surface area contributed by atoms with Gasteiger partial charge in [-0.2, -0.15) is 4.37 Å². The monoisotopic (exact) mass is 211 g/mol. The molecule has 0 bridgehead atoms. The molecule has 1 fully saturated rings. The summed E-state index contributed by atoms with van der Waals surface area (Å²) in [5.74, 6) is 0.666. The molecule has 1 aromatic heterocycles. The third kappa shape index (κ3) is 1.59. The molecule has 1 saturated carbocycles.